The van der Waals surface area contributed by atoms with Gasteiger partial charge in [0.1, 0.15) is 0 Å². The summed E-state index contributed by atoms with van der Waals surface area (Å²) in [6.45, 7) is 8.74. The molecule has 0 amide bonds. The molecule has 3 heterocycles. The summed E-state index contributed by atoms with van der Waals surface area (Å²) in [5.41, 5.74) is 9.97. The molecule has 1 aliphatic heterocycles. The molecule has 0 fully saturated rings. The molecule has 2 aromatic heterocycles. The molecule has 2 aromatic carbocycles. The van der Waals surface area contributed by atoms with E-state index in [2.05, 4.69) is 65.5 Å². The monoisotopic (exact) mass is 483 g/mol. The third-order valence-corrected chi connectivity index (χ3v) is 7.05. The van der Waals surface area contributed by atoms with Crippen molar-refractivity contribution in [3.8, 4) is 11.1 Å². The average molecular weight is 484 g/mol. The van der Waals surface area contributed by atoms with Gasteiger partial charge in [-0.2, -0.15) is 0 Å². The number of ether oxygens (including phenoxy) is 1. The van der Waals surface area contributed by atoms with Gasteiger partial charge in [0, 0.05) is 48.7 Å². The van der Waals surface area contributed by atoms with Crippen LogP contribution >= 0.6 is 0 Å². The maximum atomic E-state index is 12.6. The molecular weight excluding hydrogens is 450 g/mol. The molecule has 7 heteroatoms. The van der Waals surface area contributed by atoms with E-state index < -0.39 is 0 Å². The highest BCUT2D eigenvalue weighted by Gasteiger charge is 2.30. The summed E-state index contributed by atoms with van der Waals surface area (Å²) < 4.78 is 7.50. The molecular formula is C29H33N5O2. The SMILES string of the molecule is COC(=O)Cc1c(C)c2c3c(cc(C)n3CCN2c2ncc(CN(C)C)cn2)c1-c1ccc(C)cc1. The van der Waals surface area contributed by atoms with Crippen molar-refractivity contribution in [2.45, 2.75) is 40.3 Å². The first kappa shape index (κ1) is 24.0. The normalized spacial score (nSPS) is 13.0. The van der Waals surface area contributed by atoms with E-state index in [0.29, 0.717) is 5.95 Å². The van der Waals surface area contributed by atoms with Crippen molar-refractivity contribution in [2.24, 2.45) is 0 Å². The smallest absolute Gasteiger partial charge is 0.310 e. The Kier molecular flexibility index (Phi) is 6.26. The average Bonchev–Trinajstić information content (AvgIpc) is 3.19. The fourth-order valence-corrected chi connectivity index (χ4v) is 5.35. The van der Waals surface area contributed by atoms with Gasteiger partial charge in [-0.1, -0.05) is 29.8 Å². The number of anilines is 2. The Morgan fingerprint density at radius 3 is 2.39 bits per heavy atom. The van der Waals surface area contributed by atoms with Crippen molar-refractivity contribution in [3.05, 3.63) is 70.7 Å². The van der Waals surface area contributed by atoms with Crippen molar-refractivity contribution in [2.75, 3.05) is 32.6 Å². The van der Waals surface area contributed by atoms with Gasteiger partial charge < -0.3 is 19.1 Å². The van der Waals surface area contributed by atoms with E-state index in [4.69, 9.17) is 14.7 Å². The third-order valence-electron chi connectivity index (χ3n) is 7.05. The molecule has 0 atom stereocenters. The van der Waals surface area contributed by atoms with Gasteiger partial charge in [0.05, 0.1) is 24.7 Å². The lowest BCUT2D eigenvalue weighted by Crippen LogP contribution is -2.30. The number of carbonyl (C=O) groups excluding carboxylic acids is 1. The highest BCUT2D eigenvalue weighted by Crippen LogP contribution is 2.46. The topological polar surface area (TPSA) is 63.5 Å². The summed E-state index contributed by atoms with van der Waals surface area (Å²) in [5, 5.41) is 1.14. The van der Waals surface area contributed by atoms with Crippen LogP contribution in [0.15, 0.2) is 42.7 Å². The van der Waals surface area contributed by atoms with Crippen molar-refractivity contribution in [1.82, 2.24) is 19.4 Å². The van der Waals surface area contributed by atoms with Gasteiger partial charge in [-0.25, -0.2) is 9.97 Å². The standard InChI is InChI=1S/C29H33N5O2/c1-18-7-9-22(10-8-18)26-23(14-25(35)36-6)20(3)27-28-24(26)13-19(2)33(28)11-12-34(27)29-30-15-21(16-31-29)17-32(4)5/h7-10,13,15-16H,11-12,14,17H2,1-6H3. The molecule has 0 spiro atoms. The second-order valence-corrected chi connectivity index (χ2v) is 9.93. The number of aryl methyl sites for hydroxylation is 2. The number of hydrogen-bond donors (Lipinski definition) is 0. The second kappa shape index (κ2) is 9.39. The van der Waals surface area contributed by atoms with Crippen LogP contribution in [0.5, 0.6) is 0 Å². The van der Waals surface area contributed by atoms with Crippen molar-refractivity contribution >= 4 is 28.5 Å². The first-order chi connectivity index (χ1) is 17.3. The Morgan fingerprint density at radius 1 is 1.06 bits per heavy atom. The van der Waals surface area contributed by atoms with Crippen LogP contribution in [0.4, 0.5) is 11.6 Å². The van der Waals surface area contributed by atoms with Crippen LogP contribution < -0.4 is 4.90 Å². The predicted octanol–water partition coefficient (Wildman–Crippen LogP) is 4.95. The summed E-state index contributed by atoms with van der Waals surface area (Å²) in [6, 6.07) is 10.8. The Bertz CT molecular complexity index is 1440. The summed E-state index contributed by atoms with van der Waals surface area (Å²) in [6.07, 6.45) is 4.02. The number of benzene rings is 2. The number of carbonyl (C=O) groups is 1. The van der Waals surface area contributed by atoms with Crippen LogP contribution in [0, 0.1) is 20.8 Å². The maximum Gasteiger partial charge on any atom is 0.310 e. The lowest BCUT2D eigenvalue weighted by atomic mass is 9.88. The van der Waals surface area contributed by atoms with Crippen molar-refractivity contribution in [3.63, 3.8) is 0 Å². The summed E-state index contributed by atoms with van der Waals surface area (Å²) in [5.74, 6) is 0.430. The molecule has 0 saturated carbocycles. The highest BCUT2D eigenvalue weighted by atomic mass is 16.5. The number of methoxy groups -OCH3 is 1. The Labute approximate surface area is 212 Å². The van der Waals surface area contributed by atoms with Gasteiger partial charge in [0.15, 0.2) is 0 Å². The first-order valence-electron chi connectivity index (χ1n) is 12.3. The van der Waals surface area contributed by atoms with E-state index in [1.165, 1.54) is 23.9 Å². The van der Waals surface area contributed by atoms with Crippen LogP contribution in [0.3, 0.4) is 0 Å². The molecule has 0 radical (unpaired) electrons. The van der Waals surface area contributed by atoms with Gasteiger partial charge in [-0.05, 0) is 63.2 Å². The van der Waals surface area contributed by atoms with E-state index >= 15 is 0 Å². The third kappa shape index (κ3) is 4.13. The molecule has 0 saturated heterocycles. The van der Waals surface area contributed by atoms with Crippen LogP contribution in [0.25, 0.3) is 22.0 Å². The maximum absolute atomic E-state index is 12.6. The largest absolute Gasteiger partial charge is 0.469 e. The lowest BCUT2D eigenvalue weighted by molar-refractivity contribution is -0.139. The number of hydrogen-bond acceptors (Lipinski definition) is 6. The van der Waals surface area contributed by atoms with Gasteiger partial charge >= 0.3 is 5.97 Å². The minimum Gasteiger partial charge on any atom is -0.469 e. The Balaban J connectivity index is 1.76. The zero-order valence-corrected chi connectivity index (χ0v) is 21.9. The van der Waals surface area contributed by atoms with Gasteiger partial charge in [-0.3, -0.25) is 4.79 Å². The molecule has 1 aliphatic rings. The van der Waals surface area contributed by atoms with E-state index in [1.807, 2.05) is 26.5 Å². The van der Waals surface area contributed by atoms with E-state index in [9.17, 15) is 4.79 Å². The number of esters is 1. The minimum absolute atomic E-state index is 0.204. The number of rotatable bonds is 6. The van der Waals surface area contributed by atoms with Gasteiger partial charge in [-0.15, -0.1) is 0 Å². The number of nitrogens with zero attached hydrogens (tertiary/aromatic N) is 5. The molecule has 5 rings (SSSR count). The molecule has 36 heavy (non-hydrogen) atoms. The minimum atomic E-state index is -0.249. The quantitative estimate of drug-likeness (QED) is 0.362. The highest BCUT2D eigenvalue weighted by molar-refractivity contribution is 6.08. The molecule has 0 unspecified atom stereocenters. The molecule has 0 N–H and O–H groups in total. The summed E-state index contributed by atoms with van der Waals surface area (Å²) in [7, 11) is 5.52. The molecule has 0 aliphatic carbocycles. The summed E-state index contributed by atoms with van der Waals surface area (Å²) >= 11 is 0. The van der Waals surface area contributed by atoms with E-state index in [-0.39, 0.29) is 12.4 Å². The van der Waals surface area contributed by atoms with Crippen LogP contribution in [-0.4, -0.2) is 53.2 Å². The van der Waals surface area contributed by atoms with Crippen molar-refractivity contribution in [1.29, 1.82) is 0 Å². The van der Waals surface area contributed by atoms with E-state index in [0.717, 1.165) is 58.5 Å². The van der Waals surface area contributed by atoms with Crippen LogP contribution in [-0.2, 0) is 29.0 Å². The van der Waals surface area contributed by atoms with Crippen LogP contribution in [0.2, 0.25) is 0 Å². The zero-order chi connectivity index (χ0) is 25.6. The van der Waals surface area contributed by atoms with Crippen molar-refractivity contribution < 1.29 is 9.53 Å². The predicted molar refractivity (Wildman–Crippen MR) is 144 cm³/mol. The molecule has 7 nitrogen and oxygen atoms in total. The first-order valence-corrected chi connectivity index (χ1v) is 12.3. The van der Waals surface area contributed by atoms with Gasteiger partial charge in [0.25, 0.3) is 0 Å². The zero-order valence-electron chi connectivity index (χ0n) is 21.9. The van der Waals surface area contributed by atoms with Gasteiger partial charge in [0.2, 0.25) is 5.95 Å². The fraction of sp³-hybridized carbons (Fsp3) is 0.345. The summed E-state index contributed by atoms with van der Waals surface area (Å²) in [4.78, 5) is 26.4. The number of aromatic nitrogens is 3. The second-order valence-electron chi connectivity index (χ2n) is 9.93. The molecule has 0 bridgehead atoms. The molecule has 4 aromatic rings. The Morgan fingerprint density at radius 2 is 1.75 bits per heavy atom. The van der Waals surface area contributed by atoms with E-state index in [1.54, 1.807) is 0 Å². The Hall–Kier alpha value is -3.71. The lowest BCUT2D eigenvalue weighted by Gasteiger charge is -2.33. The van der Waals surface area contributed by atoms with Crippen LogP contribution in [0.1, 0.15) is 27.9 Å². The fourth-order valence-electron chi connectivity index (χ4n) is 5.35. The molecule has 186 valence electrons.